The maximum Gasteiger partial charge on any atom is 0.0351 e. The Kier molecular flexibility index (Phi) is 3.31. The van der Waals surface area contributed by atoms with Crippen LogP contribution in [-0.4, -0.2) is 0 Å². The summed E-state index contributed by atoms with van der Waals surface area (Å²) in [5.41, 5.74) is 3.21. The standard InChI is InChI=1S/C5H9ClN2/c1-4(6)3-5(2)8-7/h3,8H,1,7H2,2H3/b5-3+. The van der Waals surface area contributed by atoms with Crippen LogP contribution in [0.4, 0.5) is 0 Å². The monoisotopic (exact) mass is 132 g/mol. The van der Waals surface area contributed by atoms with Crippen molar-refractivity contribution >= 4 is 11.6 Å². The van der Waals surface area contributed by atoms with Crippen molar-refractivity contribution in [1.82, 2.24) is 5.43 Å². The summed E-state index contributed by atoms with van der Waals surface area (Å²) in [6, 6.07) is 0. The molecule has 0 heterocycles. The lowest BCUT2D eigenvalue weighted by Gasteiger charge is -1.94. The SMILES string of the molecule is C=C(Cl)/C=C(\C)NN. The Morgan fingerprint density at radius 1 is 1.88 bits per heavy atom. The summed E-state index contributed by atoms with van der Waals surface area (Å²) in [4.78, 5) is 0. The number of hydrogen-bond donors (Lipinski definition) is 2. The number of rotatable bonds is 2. The van der Waals surface area contributed by atoms with Crippen LogP contribution in [0.3, 0.4) is 0 Å². The normalized spacial score (nSPS) is 11.1. The van der Waals surface area contributed by atoms with E-state index in [0.717, 1.165) is 5.70 Å². The van der Waals surface area contributed by atoms with Crippen molar-refractivity contribution in [2.75, 3.05) is 0 Å². The molecule has 0 amide bonds. The quantitative estimate of drug-likeness (QED) is 0.336. The topological polar surface area (TPSA) is 38.0 Å². The Morgan fingerprint density at radius 2 is 2.38 bits per heavy atom. The highest BCUT2D eigenvalue weighted by Crippen LogP contribution is 1.99. The van der Waals surface area contributed by atoms with Crippen LogP contribution in [-0.2, 0) is 0 Å². The molecule has 3 N–H and O–H groups in total. The third-order valence-corrected chi connectivity index (χ3v) is 0.710. The lowest BCUT2D eigenvalue weighted by Crippen LogP contribution is -2.18. The van der Waals surface area contributed by atoms with Crippen molar-refractivity contribution in [2.45, 2.75) is 6.92 Å². The Morgan fingerprint density at radius 3 is 2.50 bits per heavy atom. The highest BCUT2D eigenvalue weighted by atomic mass is 35.5. The van der Waals surface area contributed by atoms with Gasteiger partial charge < -0.3 is 5.43 Å². The van der Waals surface area contributed by atoms with Crippen LogP contribution in [0.5, 0.6) is 0 Å². The second kappa shape index (κ2) is 3.52. The van der Waals surface area contributed by atoms with Gasteiger partial charge in [-0.1, -0.05) is 18.2 Å². The smallest absolute Gasteiger partial charge is 0.0351 e. The van der Waals surface area contributed by atoms with Crippen LogP contribution in [0.2, 0.25) is 0 Å². The molecule has 3 heteroatoms. The van der Waals surface area contributed by atoms with E-state index in [-0.39, 0.29) is 0 Å². The van der Waals surface area contributed by atoms with Gasteiger partial charge in [-0.05, 0) is 13.0 Å². The summed E-state index contributed by atoms with van der Waals surface area (Å²) in [7, 11) is 0. The van der Waals surface area contributed by atoms with Crippen molar-refractivity contribution < 1.29 is 0 Å². The van der Waals surface area contributed by atoms with E-state index in [4.69, 9.17) is 17.4 Å². The summed E-state index contributed by atoms with van der Waals surface area (Å²) >= 11 is 5.38. The molecule has 0 radical (unpaired) electrons. The Balaban J connectivity index is 3.75. The van der Waals surface area contributed by atoms with Gasteiger partial charge in [0.1, 0.15) is 0 Å². The average Bonchev–Trinajstić information content (AvgIpc) is 1.65. The Bertz CT molecular complexity index is 118. The predicted octanol–water partition coefficient (Wildman–Crippen LogP) is 1.11. The minimum Gasteiger partial charge on any atom is -0.328 e. The first-order valence-corrected chi connectivity index (χ1v) is 2.54. The van der Waals surface area contributed by atoms with Gasteiger partial charge >= 0.3 is 0 Å². The fraction of sp³-hybridized carbons (Fsp3) is 0.200. The third kappa shape index (κ3) is 3.71. The van der Waals surface area contributed by atoms with Gasteiger partial charge in [0, 0.05) is 10.7 Å². The zero-order chi connectivity index (χ0) is 6.57. The van der Waals surface area contributed by atoms with Gasteiger partial charge in [0.15, 0.2) is 0 Å². The minimum absolute atomic E-state index is 0.473. The second-order valence-corrected chi connectivity index (χ2v) is 1.90. The van der Waals surface area contributed by atoms with Gasteiger partial charge in [-0.15, -0.1) is 0 Å². The summed E-state index contributed by atoms with van der Waals surface area (Å²) in [5.74, 6) is 5.00. The third-order valence-electron chi connectivity index (χ3n) is 0.601. The molecule has 0 aliphatic carbocycles. The zero-order valence-corrected chi connectivity index (χ0v) is 5.50. The maximum absolute atomic E-state index is 5.38. The first-order valence-electron chi connectivity index (χ1n) is 2.16. The van der Waals surface area contributed by atoms with E-state index >= 15 is 0 Å². The number of hydrogen-bond acceptors (Lipinski definition) is 2. The number of nitrogens with two attached hydrogens (primary N) is 1. The summed E-state index contributed by atoms with van der Waals surface area (Å²) in [6.07, 6.45) is 1.64. The Hall–Kier alpha value is -0.470. The van der Waals surface area contributed by atoms with Crippen LogP contribution < -0.4 is 11.3 Å². The van der Waals surface area contributed by atoms with Crippen LogP contribution in [0, 0.1) is 0 Å². The van der Waals surface area contributed by atoms with Gasteiger partial charge in [0.05, 0.1) is 0 Å². The molecule has 0 bridgehead atoms. The van der Waals surface area contributed by atoms with Crippen molar-refractivity contribution in [2.24, 2.45) is 5.84 Å². The molecule has 46 valence electrons. The molecule has 0 atom stereocenters. The first-order chi connectivity index (χ1) is 3.66. The molecule has 2 nitrogen and oxygen atoms in total. The van der Waals surface area contributed by atoms with Crippen molar-refractivity contribution in [3.63, 3.8) is 0 Å². The fourth-order valence-corrected chi connectivity index (χ4v) is 0.440. The average molecular weight is 133 g/mol. The molecule has 8 heavy (non-hydrogen) atoms. The van der Waals surface area contributed by atoms with E-state index in [2.05, 4.69) is 12.0 Å². The number of nitrogens with one attached hydrogen (secondary N) is 1. The molecule has 0 spiro atoms. The number of allylic oxidation sites excluding steroid dienone is 3. The lowest BCUT2D eigenvalue weighted by molar-refractivity contribution is 0.886. The van der Waals surface area contributed by atoms with Crippen molar-refractivity contribution in [1.29, 1.82) is 0 Å². The van der Waals surface area contributed by atoms with Crippen molar-refractivity contribution in [3.8, 4) is 0 Å². The van der Waals surface area contributed by atoms with E-state index < -0.39 is 0 Å². The number of halogens is 1. The highest BCUT2D eigenvalue weighted by molar-refractivity contribution is 6.30. The van der Waals surface area contributed by atoms with Gasteiger partial charge in [0.2, 0.25) is 0 Å². The van der Waals surface area contributed by atoms with E-state index in [1.165, 1.54) is 0 Å². The van der Waals surface area contributed by atoms with Gasteiger partial charge in [-0.2, -0.15) is 0 Å². The molecule has 0 rings (SSSR count). The zero-order valence-electron chi connectivity index (χ0n) is 4.74. The summed E-state index contributed by atoms with van der Waals surface area (Å²) in [6.45, 7) is 5.24. The second-order valence-electron chi connectivity index (χ2n) is 1.42. The Labute approximate surface area is 54.0 Å². The molecule has 0 unspecified atom stereocenters. The summed E-state index contributed by atoms with van der Waals surface area (Å²) < 4.78 is 0. The largest absolute Gasteiger partial charge is 0.328 e. The van der Waals surface area contributed by atoms with Crippen molar-refractivity contribution in [3.05, 3.63) is 23.4 Å². The lowest BCUT2D eigenvalue weighted by atomic mass is 10.4. The molecule has 0 aliphatic heterocycles. The molecule has 0 aromatic heterocycles. The van der Waals surface area contributed by atoms with Crippen LogP contribution >= 0.6 is 11.6 Å². The molecular weight excluding hydrogens is 124 g/mol. The molecule has 0 aliphatic rings. The van der Waals surface area contributed by atoms with Gasteiger partial charge in [-0.3, -0.25) is 5.84 Å². The van der Waals surface area contributed by atoms with Crippen LogP contribution in [0.25, 0.3) is 0 Å². The van der Waals surface area contributed by atoms with E-state index in [0.29, 0.717) is 5.03 Å². The highest BCUT2D eigenvalue weighted by Gasteiger charge is 1.81. The first kappa shape index (κ1) is 7.53. The van der Waals surface area contributed by atoms with E-state index in [1.54, 1.807) is 13.0 Å². The minimum atomic E-state index is 0.473. The van der Waals surface area contributed by atoms with Crippen LogP contribution in [0.1, 0.15) is 6.92 Å². The predicted molar refractivity (Wildman–Crippen MR) is 36.1 cm³/mol. The molecule has 0 fully saturated rings. The van der Waals surface area contributed by atoms with E-state index in [1.807, 2.05) is 0 Å². The summed E-state index contributed by atoms with van der Waals surface area (Å²) in [5, 5.41) is 0.473. The molecular formula is C5H9ClN2. The van der Waals surface area contributed by atoms with Crippen LogP contribution in [0.15, 0.2) is 23.4 Å². The number of hydrazine groups is 1. The van der Waals surface area contributed by atoms with Gasteiger partial charge in [-0.25, -0.2) is 0 Å². The van der Waals surface area contributed by atoms with E-state index in [9.17, 15) is 0 Å². The van der Waals surface area contributed by atoms with Gasteiger partial charge in [0.25, 0.3) is 0 Å². The maximum atomic E-state index is 5.38. The fourth-order valence-electron chi connectivity index (χ4n) is 0.277. The molecule has 0 aromatic carbocycles. The molecule has 0 saturated carbocycles. The molecule has 0 aromatic rings. The molecule has 0 saturated heterocycles.